The molecule has 0 fully saturated rings. The van der Waals surface area contributed by atoms with E-state index in [2.05, 4.69) is 11.9 Å². The van der Waals surface area contributed by atoms with Crippen LogP contribution in [0.1, 0.15) is 17.3 Å². The first-order chi connectivity index (χ1) is 11.0. The number of hydrogen-bond donors (Lipinski definition) is 1. The molecule has 0 aliphatic heterocycles. The number of anilines is 1. The van der Waals surface area contributed by atoms with Crippen LogP contribution in [0.5, 0.6) is 5.75 Å². The molecule has 0 saturated carbocycles. The molecule has 0 aromatic heterocycles. The third-order valence-electron chi connectivity index (χ3n) is 2.95. The van der Waals surface area contributed by atoms with Crippen molar-refractivity contribution < 1.29 is 14.5 Å². The van der Waals surface area contributed by atoms with Gasteiger partial charge in [0.05, 0.1) is 10.6 Å². The molecular formula is C17H16N2O4. The highest BCUT2D eigenvalue weighted by molar-refractivity contribution is 6.05. The predicted octanol–water partition coefficient (Wildman–Crippen LogP) is 3.80. The normalized spacial score (nSPS) is 9.96. The second-order valence-corrected chi connectivity index (χ2v) is 5.00. The van der Waals surface area contributed by atoms with Gasteiger partial charge in [0, 0.05) is 17.7 Å². The minimum absolute atomic E-state index is 0.0632. The molecule has 2 aromatic rings. The Morgan fingerprint density at radius 3 is 2.48 bits per heavy atom. The summed E-state index contributed by atoms with van der Waals surface area (Å²) >= 11 is 0. The standard InChI is InChI=1S/C17H16N2O4/c1-12(2)11-23-16-6-4-3-5-15(16)18-17(20)13-7-9-14(10-8-13)19(21)22/h3-10H,1,11H2,2H3,(H,18,20). The van der Waals surface area contributed by atoms with Crippen molar-refractivity contribution in [3.8, 4) is 5.75 Å². The molecule has 0 aliphatic rings. The van der Waals surface area contributed by atoms with E-state index in [4.69, 9.17) is 4.74 Å². The van der Waals surface area contributed by atoms with Crippen LogP contribution >= 0.6 is 0 Å². The Morgan fingerprint density at radius 1 is 1.22 bits per heavy atom. The number of carbonyl (C=O) groups is 1. The number of para-hydroxylation sites is 2. The van der Waals surface area contributed by atoms with E-state index in [1.54, 1.807) is 24.3 Å². The second-order valence-electron chi connectivity index (χ2n) is 5.00. The fraction of sp³-hybridized carbons (Fsp3) is 0.118. The summed E-state index contributed by atoms with van der Waals surface area (Å²) in [6, 6.07) is 12.4. The maximum absolute atomic E-state index is 12.2. The summed E-state index contributed by atoms with van der Waals surface area (Å²) in [7, 11) is 0. The van der Waals surface area contributed by atoms with E-state index in [1.165, 1.54) is 24.3 Å². The summed E-state index contributed by atoms with van der Waals surface area (Å²) in [5.74, 6) is 0.164. The number of benzene rings is 2. The van der Waals surface area contributed by atoms with Crippen molar-refractivity contribution in [1.29, 1.82) is 0 Å². The number of nitro benzene ring substituents is 1. The van der Waals surface area contributed by atoms with Crippen molar-refractivity contribution in [2.24, 2.45) is 0 Å². The molecule has 0 saturated heterocycles. The molecule has 0 radical (unpaired) electrons. The van der Waals surface area contributed by atoms with Crippen molar-refractivity contribution in [3.63, 3.8) is 0 Å². The summed E-state index contributed by atoms with van der Waals surface area (Å²) < 4.78 is 5.58. The van der Waals surface area contributed by atoms with Crippen molar-refractivity contribution in [2.45, 2.75) is 6.92 Å². The zero-order valence-electron chi connectivity index (χ0n) is 12.6. The minimum atomic E-state index is -0.511. The monoisotopic (exact) mass is 312 g/mol. The number of ether oxygens (including phenoxy) is 1. The van der Waals surface area contributed by atoms with Gasteiger partial charge in [-0.15, -0.1) is 0 Å². The van der Waals surface area contributed by atoms with Gasteiger partial charge < -0.3 is 10.1 Å². The Bertz CT molecular complexity index is 739. The second kappa shape index (κ2) is 7.22. The highest BCUT2D eigenvalue weighted by Gasteiger charge is 2.12. The largest absolute Gasteiger partial charge is 0.487 e. The lowest BCUT2D eigenvalue weighted by atomic mass is 10.2. The van der Waals surface area contributed by atoms with Crippen LogP contribution < -0.4 is 10.1 Å². The van der Waals surface area contributed by atoms with Crippen molar-refractivity contribution in [2.75, 3.05) is 11.9 Å². The third kappa shape index (κ3) is 4.41. The molecule has 2 aromatic carbocycles. The van der Waals surface area contributed by atoms with Crippen molar-refractivity contribution >= 4 is 17.3 Å². The van der Waals surface area contributed by atoms with E-state index < -0.39 is 4.92 Å². The van der Waals surface area contributed by atoms with Crippen LogP contribution in [0, 0.1) is 10.1 Å². The lowest BCUT2D eigenvalue weighted by molar-refractivity contribution is -0.384. The fourth-order valence-corrected chi connectivity index (χ4v) is 1.83. The SMILES string of the molecule is C=C(C)COc1ccccc1NC(=O)c1ccc([N+](=O)[O-])cc1. The molecule has 1 amide bonds. The molecule has 6 heteroatoms. The highest BCUT2D eigenvalue weighted by atomic mass is 16.6. The molecular weight excluding hydrogens is 296 g/mol. The number of non-ortho nitro benzene ring substituents is 1. The average Bonchev–Trinajstić information content (AvgIpc) is 2.54. The van der Waals surface area contributed by atoms with E-state index in [1.807, 2.05) is 6.92 Å². The smallest absolute Gasteiger partial charge is 0.269 e. The van der Waals surface area contributed by atoms with Crippen LogP contribution in [-0.2, 0) is 0 Å². The molecule has 0 heterocycles. The van der Waals surface area contributed by atoms with Gasteiger partial charge in [-0.25, -0.2) is 0 Å². The summed E-state index contributed by atoms with van der Waals surface area (Å²) in [5.41, 5.74) is 1.65. The van der Waals surface area contributed by atoms with E-state index >= 15 is 0 Å². The third-order valence-corrected chi connectivity index (χ3v) is 2.95. The van der Waals surface area contributed by atoms with Gasteiger partial charge >= 0.3 is 0 Å². The van der Waals surface area contributed by atoms with Crippen LogP contribution in [-0.4, -0.2) is 17.4 Å². The van der Waals surface area contributed by atoms with Crippen LogP contribution in [0.2, 0.25) is 0 Å². The number of nitrogens with zero attached hydrogens (tertiary/aromatic N) is 1. The van der Waals surface area contributed by atoms with Crippen molar-refractivity contribution in [3.05, 3.63) is 76.4 Å². The minimum Gasteiger partial charge on any atom is -0.487 e. The fourth-order valence-electron chi connectivity index (χ4n) is 1.83. The lowest BCUT2D eigenvalue weighted by Gasteiger charge is -2.12. The molecule has 0 atom stereocenters. The summed E-state index contributed by atoms with van der Waals surface area (Å²) in [5, 5.41) is 13.4. The first-order valence-corrected chi connectivity index (χ1v) is 6.89. The molecule has 0 spiro atoms. The first kappa shape index (κ1) is 16.2. The Balaban J connectivity index is 2.13. The van der Waals surface area contributed by atoms with E-state index in [-0.39, 0.29) is 11.6 Å². The molecule has 6 nitrogen and oxygen atoms in total. The maximum Gasteiger partial charge on any atom is 0.269 e. The average molecular weight is 312 g/mol. The number of hydrogen-bond acceptors (Lipinski definition) is 4. The van der Waals surface area contributed by atoms with Crippen LogP contribution in [0.3, 0.4) is 0 Å². The van der Waals surface area contributed by atoms with Crippen LogP contribution in [0.15, 0.2) is 60.7 Å². The number of nitro groups is 1. The molecule has 0 aliphatic carbocycles. The first-order valence-electron chi connectivity index (χ1n) is 6.89. The van der Waals surface area contributed by atoms with E-state index in [0.29, 0.717) is 23.6 Å². The molecule has 2 rings (SSSR count). The summed E-state index contributed by atoms with van der Waals surface area (Å²) in [6.45, 7) is 5.96. The molecule has 118 valence electrons. The Hall–Kier alpha value is -3.15. The number of carbonyl (C=O) groups excluding carboxylic acids is 1. The van der Waals surface area contributed by atoms with Gasteiger partial charge in [-0.05, 0) is 36.8 Å². The highest BCUT2D eigenvalue weighted by Crippen LogP contribution is 2.25. The molecule has 0 bridgehead atoms. The number of nitrogens with one attached hydrogen (secondary N) is 1. The van der Waals surface area contributed by atoms with Crippen molar-refractivity contribution in [1.82, 2.24) is 0 Å². The Morgan fingerprint density at radius 2 is 1.87 bits per heavy atom. The Kier molecular flexibility index (Phi) is 5.09. The van der Waals surface area contributed by atoms with Gasteiger partial charge in [0.1, 0.15) is 12.4 Å². The topological polar surface area (TPSA) is 81.5 Å². The van der Waals surface area contributed by atoms with E-state index in [0.717, 1.165) is 5.57 Å². The quantitative estimate of drug-likeness (QED) is 0.499. The number of rotatable bonds is 6. The van der Waals surface area contributed by atoms with Gasteiger partial charge in [0.15, 0.2) is 0 Å². The zero-order chi connectivity index (χ0) is 16.8. The van der Waals surface area contributed by atoms with Gasteiger partial charge in [0.2, 0.25) is 0 Å². The molecule has 23 heavy (non-hydrogen) atoms. The summed E-state index contributed by atoms with van der Waals surface area (Å²) in [6.07, 6.45) is 0. The van der Waals surface area contributed by atoms with Gasteiger partial charge in [0.25, 0.3) is 11.6 Å². The maximum atomic E-state index is 12.2. The van der Waals surface area contributed by atoms with Crippen LogP contribution in [0.4, 0.5) is 11.4 Å². The predicted molar refractivity (Wildman–Crippen MR) is 87.8 cm³/mol. The van der Waals surface area contributed by atoms with Gasteiger partial charge in [-0.2, -0.15) is 0 Å². The molecule has 1 N–H and O–H groups in total. The molecule has 0 unspecified atom stereocenters. The van der Waals surface area contributed by atoms with Gasteiger partial charge in [-0.3, -0.25) is 14.9 Å². The summed E-state index contributed by atoms with van der Waals surface area (Å²) in [4.78, 5) is 22.3. The van der Waals surface area contributed by atoms with Crippen LogP contribution in [0.25, 0.3) is 0 Å². The zero-order valence-corrected chi connectivity index (χ0v) is 12.6. The lowest BCUT2D eigenvalue weighted by Crippen LogP contribution is -2.13. The number of amides is 1. The van der Waals surface area contributed by atoms with E-state index in [9.17, 15) is 14.9 Å². The Labute approximate surface area is 133 Å². The van der Waals surface area contributed by atoms with Gasteiger partial charge in [-0.1, -0.05) is 18.7 Å².